The lowest BCUT2D eigenvalue weighted by molar-refractivity contribution is -0.153. The smallest absolute Gasteiger partial charge is 0.312 e. The van der Waals surface area contributed by atoms with Crippen LogP contribution >= 0.6 is 0 Å². The van der Waals surface area contributed by atoms with Gasteiger partial charge in [0.2, 0.25) is 0 Å². The molecule has 0 spiro atoms. The molecule has 1 aromatic rings. The van der Waals surface area contributed by atoms with E-state index < -0.39 is 12.1 Å². The summed E-state index contributed by atoms with van der Waals surface area (Å²) in [5.74, 6) is -0.339. The molecule has 1 aliphatic rings. The SMILES string of the molecule is CO[C@@H]1CCC[C@@H](OC(=O)C[C@@H](NC(N)=O)c2ccccc2)C1. The average Bonchev–Trinajstić information content (AvgIpc) is 2.54. The predicted molar refractivity (Wildman–Crippen MR) is 85.7 cm³/mol. The van der Waals surface area contributed by atoms with Crippen molar-refractivity contribution in [2.75, 3.05) is 7.11 Å². The minimum atomic E-state index is -0.663. The van der Waals surface area contributed by atoms with E-state index in [1.165, 1.54) is 0 Å². The standard InChI is InChI=1S/C17H24N2O4/c1-22-13-8-5-9-14(10-13)23-16(20)11-15(19-17(18)21)12-6-3-2-4-7-12/h2-4,6-7,13-15H,5,8-11H2,1H3,(H3,18,19,21)/t13-,14-,15-/m1/s1. The number of benzene rings is 1. The summed E-state index contributed by atoms with van der Waals surface area (Å²) in [4.78, 5) is 23.4. The van der Waals surface area contributed by atoms with Crippen molar-refractivity contribution in [3.05, 3.63) is 35.9 Å². The van der Waals surface area contributed by atoms with Crippen LogP contribution in [0, 0.1) is 0 Å². The second-order valence-corrected chi connectivity index (χ2v) is 5.81. The number of nitrogens with two attached hydrogens (primary N) is 1. The lowest BCUT2D eigenvalue weighted by Gasteiger charge is -2.28. The molecule has 1 aliphatic carbocycles. The van der Waals surface area contributed by atoms with Gasteiger partial charge < -0.3 is 20.5 Å². The Morgan fingerprint density at radius 1 is 1.26 bits per heavy atom. The van der Waals surface area contributed by atoms with Gasteiger partial charge in [0.05, 0.1) is 18.6 Å². The zero-order valence-corrected chi connectivity index (χ0v) is 13.4. The third-order valence-corrected chi connectivity index (χ3v) is 4.10. The lowest BCUT2D eigenvalue weighted by Crippen LogP contribution is -2.35. The molecule has 0 aromatic heterocycles. The van der Waals surface area contributed by atoms with Crippen LogP contribution in [0.25, 0.3) is 0 Å². The fourth-order valence-corrected chi connectivity index (χ4v) is 2.93. The number of ether oxygens (including phenoxy) is 2. The van der Waals surface area contributed by atoms with Gasteiger partial charge in [-0.2, -0.15) is 0 Å². The van der Waals surface area contributed by atoms with E-state index in [0.29, 0.717) is 0 Å². The van der Waals surface area contributed by atoms with Crippen molar-refractivity contribution < 1.29 is 19.1 Å². The summed E-state index contributed by atoms with van der Waals surface area (Å²) in [7, 11) is 1.68. The van der Waals surface area contributed by atoms with Crippen LogP contribution in [0.1, 0.15) is 43.7 Å². The van der Waals surface area contributed by atoms with E-state index in [1.54, 1.807) is 7.11 Å². The zero-order valence-electron chi connectivity index (χ0n) is 13.4. The first-order chi connectivity index (χ1) is 11.1. The van der Waals surface area contributed by atoms with Crippen LogP contribution in [-0.4, -0.2) is 31.3 Å². The molecule has 23 heavy (non-hydrogen) atoms. The number of carbonyl (C=O) groups excluding carboxylic acids is 2. The zero-order chi connectivity index (χ0) is 16.7. The van der Waals surface area contributed by atoms with Crippen LogP contribution in [0.5, 0.6) is 0 Å². The highest BCUT2D eigenvalue weighted by atomic mass is 16.5. The van der Waals surface area contributed by atoms with Gasteiger partial charge in [0.1, 0.15) is 6.10 Å². The van der Waals surface area contributed by atoms with E-state index in [4.69, 9.17) is 15.2 Å². The summed E-state index contributed by atoms with van der Waals surface area (Å²) in [6.45, 7) is 0. The molecule has 1 saturated carbocycles. The number of primary amides is 1. The van der Waals surface area contributed by atoms with Crippen molar-refractivity contribution >= 4 is 12.0 Å². The predicted octanol–water partition coefficient (Wildman–Crippen LogP) is 2.29. The molecule has 0 aliphatic heterocycles. The Morgan fingerprint density at radius 3 is 2.61 bits per heavy atom. The Bertz CT molecular complexity index is 521. The molecule has 0 bridgehead atoms. The minimum absolute atomic E-state index is 0.0566. The van der Waals surface area contributed by atoms with E-state index in [9.17, 15) is 9.59 Å². The van der Waals surface area contributed by atoms with E-state index in [1.807, 2.05) is 30.3 Å². The lowest BCUT2D eigenvalue weighted by atomic mass is 9.95. The van der Waals surface area contributed by atoms with Gasteiger partial charge in [-0.05, 0) is 24.8 Å². The molecular weight excluding hydrogens is 296 g/mol. The summed E-state index contributed by atoms with van der Waals surface area (Å²) in [5.41, 5.74) is 6.03. The molecule has 6 heteroatoms. The summed E-state index contributed by atoms with van der Waals surface area (Å²) in [5, 5.41) is 2.60. The Labute approximate surface area is 136 Å². The second kappa shape index (κ2) is 8.53. The Hall–Kier alpha value is -2.08. The Morgan fingerprint density at radius 2 is 1.96 bits per heavy atom. The van der Waals surface area contributed by atoms with Crippen molar-refractivity contribution in [2.24, 2.45) is 5.73 Å². The number of hydrogen-bond acceptors (Lipinski definition) is 4. The summed E-state index contributed by atoms with van der Waals surface area (Å²) in [6.07, 6.45) is 3.65. The topological polar surface area (TPSA) is 90.7 Å². The maximum Gasteiger partial charge on any atom is 0.312 e. The number of amides is 2. The van der Waals surface area contributed by atoms with Gasteiger partial charge in [0.25, 0.3) is 0 Å². The highest BCUT2D eigenvalue weighted by Gasteiger charge is 2.26. The molecule has 3 atom stereocenters. The van der Waals surface area contributed by atoms with Gasteiger partial charge in [-0.1, -0.05) is 30.3 Å². The van der Waals surface area contributed by atoms with E-state index >= 15 is 0 Å². The minimum Gasteiger partial charge on any atom is -0.462 e. The monoisotopic (exact) mass is 320 g/mol. The molecule has 1 aromatic carbocycles. The van der Waals surface area contributed by atoms with Gasteiger partial charge >= 0.3 is 12.0 Å². The van der Waals surface area contributed by atoms with Crippen molar-refractivity contribution in [2.45, 2.75) is 50.4 Å². The summed E-state index contributed by atoms with van der Waals surface area (Å²) >= 11 is 0. The normalized spacial score (nSPS) is 22.1. The van der Waals surface area contributed by atoms with Crippen LogP contribution in [0.15, 0.2) is 30.3 Å². The maximum atomic E-state index is 12.2. The molecule has 2 amide bonds. The fourth-order valence-electron chi connectivity index (χ4n) is 2.93. The molecule has 0 saturated heterocycles. The van der Waals surface area contributed by atoms with E-state index in [0.717, 1.165) is 31.2 Å². The van der Waals surface area contributed by atoms with Crippen LogP contribution < -0.4 is 11.1 Å². The van der Waals surface area contributed by atoms with Crippen LogP contribution in [0.2, 0.25) is 0 Å². The van der Waals surface area contributed by atoms with Crippen LogP contribution in [0.3, 0.4) is 0 Å². The molecule has 0 radical (unpaired) electrons. The quantitative estimate of drug-likeness (QED) is 0.787. The van der Waals surface area contributed by atoms with Gasteiger partial charge in [0.15, 0.2) is 0 Å². The van der Waals surface area contributed by atoms with Gasteiger partial charge in [-0.25, -0.2) is 4.79 Å². The van der Waals surface area contributed by atoms with Crippen LogP contribution in [0.4, 0.5) is 4.79 Å². The van der Waals surface area contributed by atoms with E-state index in [2.05, 4.69) is 5.32 Å². The van der Waals surface area contributed by atoms with Gasteiger partial charge in [0, 0.05) is 13.5 Å². The fraction of sp³-hybridized carbons (Fsp3) is 0.529. The van der Waals surface area contributed by atoms with Gasteiger partial charge in [-0.15, -0.1) is 0 Å². The first-order valence-electron chi connectivity index (χ1n) is 7.91. The Balaban J connectivity index is 1.93. The maximum absolute atomic E-state index is 12.2. The van der Waals surface area contributed by atoms with Crippen LogP contribution in [-0.2, 0) is 14.3 Å². The number of urea groups is 1. The third kappa shape index (κ3) is 5.56. The number of hydrogen-bond donors (Lipinski definition) is 2. The molecular formula is C17H24N2O4. The third-order valence-electron chi connectivity index (χ3n) is 4.10. The highest BCUT2D eigenvalue weighted by Crippen LogP contribution is 2.24. The molecule has 2 rings (SSSR count). The Kier molecular flexibility index (Phi) is 6.40. The number of esters is 1. The van der Waals surface area contributed by atoms with Crippen molar-refractivity contribution in [1.29, 1.82) is 0 Å². The largest absolute Gasteiger partial charge is 0.462 e. The summed E-state index contributed by atoms with van der Waals surface area (Å²) in [6, 6.07) is 8.11. The average molecular weight is 320 g/mol. The molecule has 1 fully saturated rings. The van der Waals surface area contributed by atoms with Crippen molar-refractivity contribution in [3.63, 3.8) is 0 Å². The molecule has 6 nitrogen and oxygen atoms in total. The molecule has 126 valence electrons. The van der Waals surface area contributed by atoms with Crippen molar-refractivity contribution in [1.82, 2.24) is 5.32 Å². The first-order valence-corrected chi connectivity index (χ1v) is 7.91. The molecule has 0 unspecified atom stereocenters. The van der Waals surface area contributed by atoms with Gasteiger partial charge in [-0.3, -0.25) is 4.79 Å². The number of nitrogens with one attached hydrogen (secondary N) is 1. The molecule has 0 heterocycles. The summed E-state index contributed by atoms with van der Waals surface area (Å²) < 4.78 is 10.9. The second-order valence-electron chi connectivity index (χ2n) is 5.81. The van der Waals surface area contributed by atoms with Crippen molar-refractivity contribution in [3.8, 4) is 0 Å². The molecule has 3 N–H and O–H groups in total. The van der Waals surface area contributed by atoms with E-state index in [-0.39, 0.29) is 24.6 Å². The number of rotatable bonds is 6. The highest BCUT2D eigenvalue weighted by molar-refractivity contribution is 5.75. The number of methoxy groups -OCH3 is 1. The first kappa shape index (κ1) is 17.3. The number of carbonyl (C=O) groups is 2.